The molecule has 4 aromatic rings. The molecule has 7 rings (SSSR count). The molecule has 0 bridgehead atoms. The number of likely N-dealkylation sites (N-methyl/N-ethyl adjacent to an activating group) is 1. The highest BCUT2D eigenvalue weighted by Gasteiger charge is 2.28. The number of ether oxygens (including phenoxy) is 3. The van der Waals surface area contributed by atoms with Gasteiger partial charge in [-0.1, -0.05) is 19.3 Å². The van der Waals surface area contributed by atoms with E-state index in [-0.39, 0.29) is 5.91 Å². The summed E-state index contributed by atoms with van der Waals surface area (Å²) in [5.41, 5.74) is 7.51. The molecule has 0 atom stereocenters. The number of hydrogen-bond acceptors (Lipinski definition) is 8. The Kier molecular flexibility index (Phi) is 10.2. The second kappa shape index (κ2) is 14.9. The van der Waals surface area contributed by atoms with E-state index < -0.39 is 5.97 Å². The van der Waals surface area contributed by atoms with Crippen molar-refractivity contribution in [2.24, 2.45) is 7.05 Å². The smallest absolute Gasteiger partial charge is 0.345 e. The molecule has 0 radical (unpaired) electrons. The Labute approximate surface area is 291 Å². The van der Waals surface area contributed by atoms with Gasteiger partial charge in [0.1, 0.15) is 17.2 Å². The number of carboxylic acid groups (broad SMARTS) is 1. The van der Waals surface area contributed by atoms with Gasteiger partial charge in [-0.3, -0.25) is 9.69 Å². The molecular formula is C38H46N4O6S. The van der Waals surface area contributed by atoms with Crippen LogP contribution < -0.4 is 14.5 Å². The number of rotatable bonds is 10. The Morgan fingerprint density at radius 1 is 0.939 bits per heavy atom. The number of amides is 1. The first-order chi connectivity index (χ1) is 23.9. The van der Waals surface area contributed by atoms with E-state index in [1.165, 1.54) is 41.9 Å². The van der Waals surface area contributed by atoms with Gasteiger partial charge in [-0.2, -0.15) is 0 Å². The second-order valence-electron chi connectivity index (χ2n) is 13.4. The molecule has 0 spiro atoms. The average Bonchev–Trinajstić information content (AvgIpc) is 3.70. The molecule has 2 aromatic heterocycles. The lowest BCUT2D eigenvalue weighted by Gasteiger charge is -2.32. The molecule has 2 aliphatic heterocycles. The summed E-state index contributed by atoms with van der Waals surface area (Å²) in [6.45, 7) is 6.54. The maximum absolute atomic E-state index is 13.2. The van der Waals surface area contributed by atoms with Crippen LogP contribution in [-0.4, -0.2) is 92.6 Å². The lowest BCUT2D eigenvalue weighted by Crippen LogP contribution is -2.43. The molecule has 11 heteroatoms. The number of carbonyl (C=O) groups is 2. The number of fused-ring (bicyclic) bond motifs is 1. The van der Waals surface area contributed by atoms with Crippen molar-refractivity contribution in [3.63, 3.8) is 0 Å². The largest absolute Gasteiger partial charge is 0.489 e. The summed E-state index contributed by atoms with van der Waals surface area (Å²) in [5, 5.41) is 9.72. The van der Waals surface area contributed by atoms with Gasteiger partial charge in [-0.25, -0.2) is 4.79 Å². The van der Waals surface area contributed by atoms with Crippen LogP contribution in [-0.2, 0) is 27.9 Å². The van der Waals surface area contributed by atoms with E-state index in [0.717, 1.165) is 77.5 Å². The van der Waals surface area contributed by atoms with Gasteiger partial charge in [0.25, 0.3) is 0 Å². The van der Waals surface area contributed by atoms with E-state index in [1.807, 2.05) is 31.3 Å². The fraction of sp³-hybridized carbons (Fsp3) is 0.474. The van der Waals surface area contributed by atoms with E-state index in [2.05, 4.69) is 45.7 Å². The Balaban J connectivity index is 1.13. The Morgan fingerprint density at radius 2 is 1.63 bits per heavy atom. The van der Waals surface area contributed by atoms with Crippen LogP contribution in [0.3, 0.4) is 0 Å². The lowest BCUT2D eigenvalue weighted by atomic mass is 9.83. The molecule has 2 aromatic carbocycles. The van der Waals surface area contributed by atoms with E-state index in [0.29, 0.717) is 50.4 Å². The number of benzene rings is 2. The molecule has 1 amide bonds. The standard InChI is InChI=1S/C38H46N4O6S/c1-39(34(43)24-41-14-18-46-19-15-41)29-10-13-31(42-16-20-47-21-17-42)28(22-29)25-48-30-11-8-27(9-12-30)36-35(26-6-4-3-5-7-26)37-32(40(36)2)23-33(49-37)38(44)45/h8-13,22-23,26H,3-7,14-21,24-25H2,1-2H3,(H,44,45). The van der Waals surface area contributed by atoms with Crippen LogP contribution in [0.4, 0.5) is 11.4 Å². The first-order valence-electron chi connectivity index (χ1n) is 17.5. The highest BCUT2D eigenvalue weighted by Crippen LogP contribution is 2.46. The van der Waals surface area contributed by atoms with Crippen LogP contribution in [0.5, 0.6) is 5.75 Å². The van der Waals surface area contributed by atoms with Gasteiger partial charge in [0.2, 0.25) is 5.91 Å². The maximum atomic E-state index is 13.2. The molecular weight excluding hydrogens is 641 g/mol. The SMILES string of the molecule is CN(C(=O)CN1CCOCC1)c1ccc(N2CCOCC2)c(COc2ccc(-c3c(C4CCCCC4)c4sc(C(=O)O)cc4n3C)cc2)c1. The molecule has 3 fully saturated rings. The van der Waals surface area contributed by atoms with E-state index >= 15 is 0 Å². The quantitative estimate of drug-likeness (QED) is 0.206. The van der Waals surface area contributed by atoms with Crippen LogP contribution in [0.25, 0.3) is 21.5 Å². The van der Waals surface area contributed by atoms with Crippen LogP contribution in [0.15, 0.2) is 48.5 Å². The number of carbonyl (C=O) groups excluding carboxylic acids is 1. The first-order valence-corrected chi connectivity index (χ1v) is 18.3. The predicted octanol–water partition coefficient (Wildman–Crippen LogP) is 6.36. The van der Waals surface area contributed by atoms with Crippen LogP contribution in [0.1, 0.15) is 58.8 Å². The zero-order chi connectivity index (χ0) is 33.9. The number of nitrogens with zero attached hydrogens (tertiary/aromatic N) is 4. The van der Waals surface area contributed by atoms with Gasteiger partial charge in [0, 0.05) is 57.2 Å². The normalized spacial score (nSPS) is 17.8. The summed E-state index contributed by atoms with van der Waals surface area (Å²) in [7, 11) is 3.89. The highest BCUT2D eigenvalue weighted by molar-refractivity contribution is 7.21. The summed E-state index contributed by atoms with van der Waals surface area (Å²) in [6, 6.07) is 16.3. The van der Waals surface area contributed by atoms with Crippen molar-refractivity contribution < 1.29 is 28.9 Å². The van der Waals surface area contributed by atoms with Crippen molar-refractivity contribution in [2.45, 2.75) is 44.6 Å². The fourth-order valence-electron chi connectivity index (χ4n) is 7.54. The summed E-state index contributed by atoms with van der Waals surface area (Å²) >= 11 is 1.40. The third kappa shape index (κ3) is 7.21. The number of hydrogen-bond donors (Lipinski definition) is 1. The van der Waals surface area contributed by atoms with Crippen LogP contribution in [0.2, 0.25) is 0 Å². The lowest BCUT2D eigenvalue weighted by molar-refractivity contribution is -0.120. The third-order valence-electron chi connectivity index (χ3n) is 10.3. The van der Waals surface area contributed by atoms with Crippen LogP contribution in [0, 0.1) is 0 Å². The number of morpholine rings is 2. The number of carboxylic acids is 1. The van der Waals surface area contributed by atoms with E-state index in [1.54, 1.807) is 4.90 Å². The zero-order valence-electron chi connectivity index (χ0n) is 28.5. The molecule has 0 unspecified atom stereocenters. The minimum Gasteiger partial charge on any atom is -0.489 e. The van der Waals surface area contributed by atoms with Gasteiger partial charge in [-0.15, -0.1) is 11.3 Å². The Hall–Kier alpha value is -3.90. The molecule has 1 N–H and O–H groups in total. The monoisotopic (exact) mass is 686 g/mol. The van der Waals surface area contributed by atoms with E-state index in [9.17, 15) is 14.7 Å². The maximum Gasteiger partial charge on any atom is 0.345 e. The third-order valence-corrected chi connectivity index (χ3v) is 11.4. The van der Waals surface area contributed by atoms with Gasteiger partial charge in [-0.05, 0) is 78.4 Å². The van der Waals surface area contributed by atoms with Gasteiger partial charge >= 0.3 is 5.97 Å². The van der Waals surface area contributed by atoms with E-state index in [4.69, 9.17) is 14.2 Å². The molecule has 2 saturated heterocycles. The van der Waals surface area contributed by atoms with Crippen molar-refractivity contribution >= 4 is 44.8 Å². The zero-order valence-corrected chi connectivity index (χ0v) is 29.3. The minimum absolute atomic E-state index is 0.0517. The summed E-state index contributed by atoms with van der Waals surface area (Å²) in [4.78, 5) is 31.7. The number of aromatic carboxylic acids is 1. The average molecular weight is 687 g/mol. The fourth-order valence-corrected chi connectivity index (χ4v) is 8.69. The number of aromatic nitrogens is 1. The van der Waals surface area contributed by atoms with Gasteiger partial charge in [0.15, 0.2) is 0 Å². The van der Waals surface area contributed by atoms with Crippen molar-refractivity contribution in [1.29, 1.82) is 0 Å². The predicted molar refractivity (Wildman–Crippen MR) is 193 cm³/mol. The Bertz CT molecular complexity index is 1780. The number of aryl methyl sites for hydroxylation is 1. The molecule has 4 heterocycles. The topological polar surface area (TPSA) is 96.7 Å². The first kappa shape index (κ1) is 33.6. The van der Waals surface area contributed by atoms with Crippen molar-refractivity contribution in [3.8, 4) is 17.0 Å². The van der Waals surface area contributed by atoms with Crippen molar-refractivity contribution in [2.75, 3.05) is 76.0 Å². The minimum atomic E-state index is -0.868. The van der Waals surface area contributed by atoms with Crippen molar-refractivity contribution in [1.82, 2.24) is 9.47 Å². The van der Waals surface area contributed by atoms with Crippen LogP contribution >= 0.6 is 11.3 Å². The van der Waals surface area contributed by atoms with Gasteiger partial charge in [0.05, 0.1) is 48.9 Å². The summed E-state index contributed by atoms with van der Waals surface area (Å²) in [6.07, 6.45) is 5.93. The number of anilines is 2. The summed E-state index contributed by atoms with van der Waals surface area (Å²) in [5.74, 6) is 0.374. The summed E-state index contributed by atoms with van der Waals surface area (Å²) < 4.78 is 20.8. The highest BCUT2D eigenvalue weighted by atomic mass is 32.1. The molecule has 260 valence electrons. The number of thiophene rings is 1. The molecule has 3 aliphatic rings. The van der Waals surface area contributed by atoms with Gasteiger partial charge < -0.3 is 33.7 Å². The molecule has 1 aliphatic carbocycles. The molecule has 49 heavy (non-hydrogen) atoms. The van der Waals surface area contributed by atoms with Crippen molar-refractivity contribution in [3.05, 3.63) is 64.5 Å². The molecule has 10 nitrogen and oxygen atoms in total. The Morgan fingerprint density at radius 3 is 2.33 bits per heavy atom. The molecule has 1 saturated carbocycles. The second-order valence-corrected chi connectivity index (χ2v) is 14.4.